The van der Waals surface area contributed by atoms with E-state index in [2.05, 4.69) is 0 Å². The van der Waals surface area contributed by atoms with E-state index < -0.39 is 19.7 Å². The summed E-state index contributed by atoms with van der Waals surface area (Å²) < 4.78 is 10.6. The van der Waals surface area contributed by atoms with Crippen LogP contribution in [0.5, 0.6) is 0 Å². The first-order chi connectivity index (χ1) is 4.18. The molecule has 52 valence electrons. The Morgan fingerprint density at radius 1 is 1.56 bits per heavy atom. The molecule has 0 N–H and O–H groups in total. The molecule has 2 nitrogen and oxygen atoms in total. The van der Waals surface area contributed by atoms with Crippen LogP contribution in [0.2, 0.25) is 4.94 Å². The second kappa shape index (κ2) is 5.09. The molecule has 0 saturated heterocycles. The molecule has 0 radical (unpaired) electrons. The zero-order valence-corrected chi connectivity index (χ0v) is 8.79. The molecule has 3 heteroatoms. The molecule has 0 aliphatic rings. The van der Waals surface area contributed by atoms with Crippen LogP contribution in [0, 0.1) is 0 Å². The van der Waals surface area contributed by atoms with Crippen molar-refractivity contribution in [3.8, 4) is 0 Å². The van der Waals surface area contributed by atoms with Crippen molar-refractivity contribution < 1.29 is 7.87 Å². The number of hydrogen-bond donors (Lipinski definition) is 0. The first kappa shape index (κ1) is 9.27. The fraction of sp³-hybridized carbons (Fsp3) is 0.833. The third kappa shape index (κ3) is 4.75. The molecule has 0 unspecified atom stereocenters. The second-order valence-corrected chi connectivity index (χ2v) is 6.85. The summed E-state index contributed by atoms with van der Waals surface area (Å²) in [5.41, 5.74) is 0. The average molecular weight is 235 g/mol. The van der Waals surface area contributed by atoms with Gasteiger partial charge in [0.1, 0.15) is 0 Å². The molecular formula is C6H12O2Sn. The Morgan fingerprint density at radius 2 is 2.11 bits per heavy atom. The number of unbranched alkanes of at least 4 members (excludes halogenated alkanes) is 1. The Balaban J connectivity index is 3.39. The average Bonchev–Trinajstić information content (AvgIpc) is 1.82. The van der Waals surface area contributed by atoms with E-state index >= 15 is 0 Å². The summed E-state index contributed by atoms with van der Waals surface area (Å²) in [6.07, 6.45) is 2.46. The SMILES string of the molecule is CCCC[C](=O)[Sn]([CH3])=[O]. The van der Waals surface area contributed by atoms with Gasteiger partial charge in [-0.15, -0.1) is 0 Å². The van der Waals surface area contributed by atoms with E-state index in [1.807, 2.05) is 6.92 Å². The molecule has 0 amide bonds. The van der Waals surface area contributed by atoms with Gasteiger partial charge in [-0.05, 0) is 0 Å². The van der Waals surface area contributed by atoms with E-state index in [4.69, 9.17) is 0 Å². The van der Waals surface area contributed by atoms with Gasteiger partial charge >= 0.3 is 62.5 Å². The van der Waals surface area contributed by atoms with E-state index in [1.54, 1.807) is 4.94 Å². The Bertz CT molecular complexity index is 120. The molecular weight excluding hydrogens is 223 g/mol. The molecule has 0 saturated carbocycles. The predicted octanol–water partition coefficient (Wildman–Crippen LogP) is 1.34. The summed E-state index contributed by atoms with van der Waals surface area (Å²) in [5, 5.41) is 0. The quantitative estimate of drug-likeness (QED) is 0.688. The first-order valence-electron chi connectivity index (χ1n) is 3.22. The maximum absolute atomic E-state index is 10.7. The molecule has 0 rings (SSSR count). The van der Waals surface area contributed by atoms with Crippen molar-refractivity contribution >= 4 is 23.5 Å². The molecule has 0 heterocycles. The second-order valence-electron chi connectivity index (χ2n) is 2.08. The van der Waals surface area contributed by atoms with Crippen LogP contribution in [0.15, 0.2) is 0 Å². The number of carbonyl (C=O) groups excluding carboxylic acids is 1. The fourth-order valence-corrected chi connectivity index (χ4v) is 2.02. The van der Waals surface area contributed by atoms with E-state index in [-0.39, 0.29) is 3.80 Å². The van der Waals surface area contributed by atoms with Crippen molar-refractivity contribution in [1.29, 1.82) is 0 Å². The molecule has 0 atom stereocenters. The van der Waals surface area contributed by atoms with E-state index in [0.717, 1.165) is 12.8 Å². The van der Waals surface area contributed by atoms with Gasteiger partial charge in [0.15, 0.2) is 0 Å². The minimum atomic E-state index is -2.67. The van der Waals surface area contributed by atoms with Crippen molar-refractivity contribution in [3.63, 3.8) is 0 Å². The topological polar surface area (TPSA) is 34.1 Å². The van der Waals surface area contributed by atoms with Crippen LogP contribution >= 0.6 is 0 Å². The van der Waals surface area contributed by atoms with Crippen LogP contribution in [0.3, 0.4) is 0 Å². The van der Waals surface area contributed by atoms with E-state index in [0.29, 0.717) is 6.42 Å². The van der Waals surface area contributed by atoms with Gasteiger partial charge in [-0.25, -0.2) is 0 Å². The number of rotatable bonds is 4. The zero-order valence-electron chi connectivity index (χ0n) is 5.94. The van der Waals surface area contributed by atoms with E-state index in [9.17, 15) is 7.87 Å². The molecule has 0 aliphatic heterocycles. The van der Waals surface area contributed by atoms with Crippen LogP contribution in [-0.2, 0) is 7.87 Å². The van der Waals surface area contributed by atoms with Gasteiger partial charge in [-0.3, -0.25) is 0 Å². The van der Waals surface area contributed by atoms with Crippen molar-refractivity contribution in [3.05, 3.63) is 0 Å². The fourth-order valence-electron chi connectivity index (χ4n) is 0.513. The molecule has 0 aromatic heterocycles. The molecule has 0 aromatic rings. The normalized spacial score (nSPS) is 9.11. The van der Waals surface area contributed by atoms with Gasteiger partial charge in [-0.1, -0.05) is 0 Å². The zero-order chi connectivity index (χ0) is 7.28. The Hall–Kier alpha value is 0.269. The van der Waals surface area contributed by atoms with Crippen LogP contribution < -0.4 is 0 Å². The van der Waals surface area contributed by atoms with Gasteiger partial charge in [0, 0.05) is 0 Å². The third-order valence-electron chi connectivity index (χ3n) is 1.15. The van der Waals surface area contributed by atoms with Gasteiger partial charge in [0.2, 0.25) is 0 Å². The van der Waals surface area contributed by atoms with Crippen molar-refractivity contribution in [2.45, 2.75) is 31.1 Å². The summed E-state index contributed by atoms with van der Waals surface area (Å²) in [4.78, 5) is 12.3. The van der Waals surface area contributed by atoms with Crippen LogP contribution in [0.1, 0.15) is 26.2 Å². The van der Waals surface area contributed by atoms with Gasteiger partial charge < -0.3 is 0 Å². The summed E-state index contributed by atoms with van der Waals surface area (Å²) in [6.45, 7) is 2.02. The monoisotopic (exact) mass is 236 g/mol. The summed E-state index contributed by atoms with van der Waals surface area (Å²) >= 11 is -2.67. The Morgan fingerprint density at radius 3 is 2.44 bits per heavy atom. The summed E-state index contributed by atoms with van der Waals surface area (Å²) in [5.74, 6) is 0. The molecule has 9 heavy (non-hydrogen) atoms. The molecule has 0 fully saturated rings. The Kier molecular flexibility index (Phi) is 5.24. The number of hydrogen-bond acceptors (Lipinski definition) is 2. The Labute approximate surface area is 62.8 Å². The van der Waals surface area contributed by atoms with Crippen LogP contribution in [0.25, 0.3) is 0 Å². The van der Waals surface area contributed by atoms with Crippen LogP contribution in [-0.4, -0.2) is 23.5 Å². The third-order valence-corrected chi connectivity index (χ3v) is 4.11. The summed E-state index contributed by atoms with van der Waals surface area (Å²) in [7, 11) is 0. The van der Waals surface area contributed by atoms with Gasteiger partial charge in [0.25, 0.3) is 0 Å². The molecule has 0 spiro atoms. The number of carbonyl (C=O) groups is 1. The predicted molar refractivity (Wildman–Crippen MR) is 36.8 cm³/mol. The summed E-state index contributed by atoms with van der Waals surface area (Å²) in [6, 6.07) is 0. The molecule has 0 aliphatic carbocycles. The standard InChI is InChI=1S/C5H9O.CH3.O.Sn/c1-2-3-4-5-6;;;/h2-4H2,1H3;1H3;;. The molecule has 0 bridgehead atoms. The van der Waals surface area contributed by atoms with Crippen molar-refractivity contribution in [1.82, 2.24) is 0 Å². The van der Waals surface area contributed by atoms with Gasteiger partial charge in [0.05, 0.1) is 0 Å². The van der Waals surface area contributed by atoms with Crippen molar-refractivity contribution in [2.24, 2.45) is 0 Å². The van der Waals surface area contributed by atoms with Crippen LogP contribution in [0.4, 0.5) is 0 Å². The van der Waals surface area contributed by atoms with Gasteiger partial charge in [-0.2, -0.15) is 0 Å². The minimum absolute atomic E-state index is 0.0410. The first-order valence-corrected chi connectivity index (χ1v) is 8.67. The maximum atomic E-state index is 10.7. The van der Waals surface area contributed by atoms with Crippen molar-refractivity contribution in [2.75, 3.05) is 0 Å². The van der Waals surface area contributed by atoms with E-state index in [1.165, 1.54) is 0 Å². The molecule has 0 aromatic carbocycles.